The molecule has 0 saturated heterocycles. The van der Waals surface area contributed by atoms with E-state index in [4.69, 9.17) is 0 Å². The van der Waals surface area contributed by atoms with E-state index in [1.54, 1.807) is 42.5 Å². The summed E-state index contributed by atoms with van der Waals surface area (Å²) in [6.07, 6.45) is 1.98. The monoisotopic (exact) mass is 604 g/mol. The van der Waals surface area contributed by atoms with Crippen LogP contribution in [0.2, 0.25) is 0 Å². The molecule has 6 aromatic rings. The predicted octanol–water partition coefficient (Wildman–Crippen LogP) is 11.9. The van der Waals surface area contributed by atoms with Crippen molar-refractivity contribution in [2.24, 2.45) is 30.7 Å². The minimum absolute atomic E-state index is 0.0363. The molecule has 8 nitrogen and oxygen atoms in total. The third-order valence-electron chi connectivity index (χ3n) is 7.62. The fourth-order valence-corrected chi connectivity index (χ4v) is 4.95. The van der Waals surface area contributed by atoms with Crippen LogP contribution in [-0.4, -0.2) is 10.2 Å². The first kappa shape index (κ1) is 30.0. The number of phenolic OH excluding ortho intramolecular Hbond substituents is 2. The molecule has 0 unspecified atom stereocenters. The van der Waals surface area contributed by atoms with E-state index >= 15 is 0 Å². The largest absolute Gasteiger partial charge is 0.508 e. The number of hydrogen-bond acceptors (Lipinski definition) is 8. The molecule has 0 spiro atoms. The molecule has 0 heterocycles. The zero-order valence-corrected chi connectivity index (χ0v) is 25.5. The van der Waals surface area contributed by atoms with Crippen LogP contribution in [0.4, 0.5) is 34.1 Å². The van der Waals surface area contributed by atoms with Crippen LogP contribution in [0.15, 0.2) is 152 Å². The van der Waals surface area contributed by atoms with Crippen molar-refractivity contribution in [3.63, 3.8) is 0 Å². The summed E-state index contributed by atoms with van der Waals surface area (Å²) in [6, 6.07) is 38.0. The van der Waals surface area contributed by atoms with Crippen LogP contribution in [0.5, 0.6) is 11.5 Å². The van der Waals surface area contributed by atoms with Crippen LogP contribution in [0.1, 0.15) is 22.3 Å². The number of aryl methyl sites for hydroxylation is 4. The van der Waals surface area contributed by atoms with Gasteiger partial charge in [0.05, 0.1) is 28.4 Å². The number of hydrogen-bond donors (Lipinski definition) is 2. The van der Waals surface area contributed by atoms with Crippen molar-refractivity contribution in [1.82, 2.24) is 0 Å². The van der Waals surface area contributed by atoms with Gasteiger partial charge in [-0.3, -0.25) is 0 Å². The van der Waals surface area contributed by atoms with E-state index in [-0.39, 0.29) is 11.5 Å². The van der Waals surface area contributed by atoms with Crippen molar-refractivity contribution in [3.05, 3.63) is 144 Å². The SMILES string of the molecule is Cc1cc(N=Nc2ccc3cc(N=Nc4ccc(O)cc4)ccc3c2O)c(C)cc1N=Nc1ccc(CCc2ccccc2)cc1. The Morgan fingerprint density at radius 1 is 0.457 bits per heavy atom. The third-order valence-corrected chi connectivity index (χ3v) is 7.62. The molecule has 226 valence electrons. The van der Waals surface area contributed by atoms with Crippen LogP contribution in [-0.2, 0) is 12.8 Å². The van der Waals surface area contributed by atoms with Gasteiger partial charge >= 0.3 is 0 Å². The Balaban J connectivity index is 1.12. The molecule has 0 saturated carbocycles. The maximum atomic E-state index is 10.9. The molecule has 0 aromatic heterocycles. The normalized spacial score (nSPS) is 11.8. The first-order valence-corrected chi connectivity index (χ1v) is 15.0. The minimum atomic E-state index is 0.0363. The molecule has 8 heteroatoms. The zero-order chi connectivity index (χ0) is 31.9. The summed E-state index contributed by atoms with van der Waals surface area (Å²) >= 11 is 0. The Morgan fingerprint density at radius 2 is 0.978 bits per heavy atom. The Bertz CT molecular complexity index is 2070. The molecule has 0 radical (unpaired) electrons. The second kappa shape index (κ2) is 13.7. The van der Waals surface area contributed by atoms with E-state index in [1.807, 2.05) is 56.3 Å². The number of rotatable bonds is 9. The fourth-order valence-electron chi connectivity index (χ4n) is 4.95. The van der Waals surface area contributed by atoms with Crippen molar-refractivity contribution in [2.45, 2.75) is 26.7 Å². The molecule has 2 N–H and O–H groups in total. The van der Waals surface area contributed by atoms with Crippen molar-refractivity contribution in [1.29, 1.82) is 0 Å². The molecule has 0 aliphatic carbocycles. The number of aromatic hydroxyl groups is 2. The second-order valence-electron chi connectivity index (χ2n) is 11.0. The molecule has 6 aromatic carbocycles. The summed E-state index contributed by atoms with van der Waals surface area (Å²) in [5, 5.41) is 48.0. The summed E-state index contributed by atoms with van der Waals surface area (Å²) in [4.78, 5) is 0. The van der Waals surface area contributed by atoms with E-state index in [0.717, 1.165) is 40.7 Å². The Hall–Kier alpha value is -6.02. The molecule has 0 amide bonds. The molecule has 46 heavy (non-hydrogen) atoms. The second-order valence-corrected chi connectivity index (χ2v) is 11.0. The third kappa shape index (κ3) is 7.36. The maximum absolute atomic E-state index is 10.9. The molecule has 0 bridgehead atoms. The van der Waals surface area contributed by atoms with Gasteiger partial charge in [-0.2, -0.15) is 25.6 Å². The van der Waals surface area contributed by atoms with Gasteiger partial charge in [0.1, 0.15) is 11.4 Å². The van der Waals surface area contributed by atoms with Gasteiger partial charge in [-0.15, -0.1) is 5.11 Å². The molecule has 0 atom stereocenters. The van der Waals surface area contributed by atoms with Gasteiger partial charge < -0.3 is 10.2 Å². The molecule has 0 fully saturated rings. The number of benzene rings is 6. The Kier molecular flexibility index (Phi) is 8.97. The lowest BCUT2D eigenvalue weighted by Gasteiger charge is -2.06. The van der Waals surface area contributed by atoms with Gasteiger partial charge in [-0.25, -0.2) is 0 Å². The lowest BCUT2D eigenvalue weighted by atomic mass is 10.0. The minimum Gasteiger partial charge on any atom is -0.508 e. The molecular formula is C38H32N6O2. The molecule has 0 aliphatic rings. The van der Waals surface area contributed by atoms with Gasteiger partial charge in [0.25, 0.3) is 0 Å². The summed E-state index contributed by atoms with van der Waals surface area (Å²) in [5.41, 5.74) is 8.26. The maximum Gasteiger partial charge on any atom is 0.150 e. The smallest absolute Gasteiger partial charge is 0.150 e. The molecular weight excluding hydrogens is 572 g/mol. The standard InChI is InChI=1S/C38H32N6O2/c1-25-23-37(26(2)22-36(25)43-40-30-13-10-28(11-14-30)9-8-27-6-4-3-5-7-27)44-42-35-21-12-29-24-32(17-20-34(29)38(35)46)41-39-31-15-18-33(45)19-16-31/h3-7,10-24,45-46H,8-9H2,1-2H3. The van der Waals surface area contributed by atoms with Gasteiger partial charge in [-0.1, -0.05) is 48.5 Å². The summed E-state index contributed by atoms with van der Waals surface area (Å²) < 4.78 is 0. The average Bonchev–Trinajstić information content (AvgIpc) is 3.08. The Labute approximate surface area is 267 Å². The quantitative estimate of drug-likeness (QED) is 0.160. The van der Waals surface area contributed by atoms with Crippen molar-refractivity contribution in [2.75, 3.05) is 0 Å². The van der Waals surface area contributed by atoms with E-state index in [9.17, 15) is 10.2 Å². The first-order valence-electron chi connectivity index (χ1n) is 15.0. The molecule has 6 rings (SSSR count). The van der Waals surface area contributed by atoms with E-state index in [1.165, 1.54) is 11.1 Å². The van der Waals surface area contributed by atoms with Gasteiger partial charge in [-0.05, 0) is 127 Å². The number of phenols is 2. The van der Waals surface area contributed by atoms with Crippen LogP contribution in [0, 0.1) is 13.8 Å². The van der Waals surface area contributed by atoms with Crippen LogP contribution in [0.25, 0.3) is 10.8 Å². The van der Waals surface area contributed by atoms with Gasteiger partial charge in [0.2, 0.25) is 0 Å². The lowest BCUT2D eigenvalue weighted by molar-refractivity contribution is 0.475. The van der Waals surface area contributed by atoms with Crippen LogP contribution < -0.4 is 0 Å². The first-order chi connectivity index (χ1) is 22.4. The molecule has 0 aliphatic heterocycles. The number of nitrogens with zero attached hydrogens (tertiary/aromatic N) is 6. The van der Waals surface area contributed by atoms with E-state index in [0.29, 0.717) is 28.1 Å². The highest BCUT2D eigenvalue weighted by atomic mass is 16.3. The van der Waals surface area contributed by atoms with Crippen LogP contribution in [0.3, 0.4) is 0 Å². The summed E-state index contributed by atoms with van der Waals surface area (Å²) in [5.74, 6) is 0.207. The zero-order valence-electron chi connectivity index (χ0n) is 25.5. The van der Waals surface area contributed by atoms with Crippen molar-refractivity contribution < 1.29 is 10.2 Å². The fraction of sp³-hybridized carbons (Fsp3) is 0.105. The van der Waals surface area contributed by atoms with Crippen molar-refractivity contribution in [3.8, 4) is 11.5 Å². The predicted molar refractivity (Wildman–Crippen MR) is 182 cm³/mol. The number of fused-ring (bicyclic) bond motifs is 1. The van der Waals surface area contributed by atoms with E-state index in [2.05, 4.69) is 67.1 Å². The van der Waals surface area contributed by atoms with Crippen molar-refractivity contribution >= 4 is 44.9 Å². The van der Waals surface area contributed by atoms with Crippen LogP contribution >= 0.6 is 0 Å². The summed E-state index contributed by atoms with van der Waals surface area (Å²) in [6.45, 7) is 3.91. The Morgan fingerprint density at radius 3 is 1.65 bits per heavy atom. The average molecular weight is 605 g/mol. The topological polar surface area (TPSA) is 115 Å². The highest BCUT2D eigenvalue weighted by molar-refractivity contribution is 5.94. The summed E-state index contributed by atoms with van der Waals surface area (Å²) in [7, 11) is 0. The highest BCUT2D eigenvalue weighted by Gasteiger charge is 2.09. The highest BCUT2D eigenvalue weighted by Crippen LogP contribution is 2.38. The lowest BCUT2D eigenvalue weighted by Crippen LogP contribution is -1.90. The van der Waals surface area contributed by atoms with Gasteiger partial charge in [0, 0.05) is 5.39 Å². The number of azo groups is 3. The van der Waals surface area contributed by atoms with E-state index < -0.39 is 0 Å². The van der Waals surface area contributed by atoms with Gasteiger partial charge in [0.15, 0.2) is 5.75 Å².